The molecule has 1 heterocycles. The fraction of sp³-hybridized carbons (Fsp3) is 0.217. The zero-order chi connectivity index (χ0) is 20.4. The number of imidazole rings is 1. The number of nitrogens with zero attached hydrogens (tertiary/aromatic N) is 2. The van der Waals surface area contributed by atoms with Crippen LogP contribution in [0.4, 0.5) is 0 Å². The van der Waals surface area contributed by atoms with E-state index in [4.69, 9.17) is 9.72 Å². The molecule has 6 heteroatoms. The van der Waals surface area contributed by atoms with E-state index in [1.54, 1.807) is 0 Å². The SMILES string of the molecule is CCn1c(C(C)NC(=O)COc2ccc3ccccc3c2Br)nc2ccccc21. The van der Waals surface area contributed by atoms with E-state index in [-0.39, 0.29) is 18.6 Å². The minimum absolute atomic E-state index is 0.0619. The third kappa shape index (κ3) is 3.85. The monoisotopic (exact) mass is 451 g/mol. The van der Waals surface area contributed by atoms with Gasteiger partial charge in [-0.1, -0.05) is 42.5 Å². The predicted molar refractivity (Wildman–Crippen MR) is 119 cm³/mol. The minimum Gasteiger partial charge on any atom is -0.483 e. The van der Waals surface area contributed by atoms with Gasteiger partial charge in [-0.05, 0) is 58.7 Å². The maximum atomic E-state index is 12.5. The van der Waals surface area contributed by atoms with Crippen LogP contribution in [0.15, 0.2) is 65.1 Å². The molecule has 4 rings (SSSR count). The Labute approximate surface area is 177 Å². The third-order valence-corrected chi connectivity index (χ3v) is 5.77. The van der Waals surface area contributed by atoms with Crippen molar-refractivity contribution in [3.05, 3.63) is 71.0 Å². The molecule has 1 aromatic heterocycles. The van der Waals surface area contributed by atoms with Gasteiger partial charge in [0.15, 0.2) is 6.61 Å². The molecule has 0 aliphatic carbocycles. The van der Waals surface area contributed by atoms with Crippen LogP contribution in [0.1, 0.15) is 25.7 Å². The quantitative estimate of drug-likeness (QED) is 0.436. The number of halogens is 1. The molecule has 0 bridgehead atoms. The van der Waals surface area contributed by atoms with Crippen LogP contribution in [-0.4, -0.2) is 22.1 Å². The molecule has 29 heavy (non-hydrogen) atoms. The maximum Gasteiger partial charge on any atom is 0.258 e. The molecule has 1 atom stereocenters. The summed E-state index contributed by atoms with van der Waals surface area (Å²) in [7, 11) is 0. The van der Waals surface area contributed by atoms with Gasteiger partial charge < -0.3 is 14.6 Å². The summed E-state index contributed by atoms with van der Waals surface area (Å²) >= 11 is 3.59. The lowest BCUT2D eigenvalue weighted by molar-refractivity contribution is -0.123. The molecule has 0 radical (unpaired) electrons. The Morgan fingerprint density at radius 2 is 1.90 bits per heavy atom. The maximum absolute atomic E-state index is 12.5. The predicted octanol–water partition coefficient (Wildman–Crippen LogP) is 5.23. The van der Waals surface area contributed by atoms with E-state index in [1.807, 2.05) is 67.6 Å². The van der Waals surface area contributed by atoms with Gasteiger partial charge in [-0.15, -0.1) is 0 Å². The summed E-state index contributed by atoms with van der Waals surface area (Å²) in [5, 5.41) is 5.16. The van der Waals surface area contributed by atoms with Crippen LogP contribution in [0.3, 0.4) is 0 Å². The number of para-hydroxylation sites is 2. The number of hydrogen-bond donors (Lipinski definition) is 1. The number of hydrogen-bond acceptors (Lipinski definition) is 3. The number of rotatable bonds is 6. The van der Waals surface area contributed by atoms with Gasteiger partial charge in [0.2, 0.25) is 0 Å². The van der Waals surface area contributed by atoms with Crippen LogP contribution in [-0.2, 0) is 11.3 Å². The molecule has 5 nitrogen and oxygen atoms in total. The van der Waals surface area contributed by atoms with Crippen LogP contribution < -0.4 is 10.1 Å². The van der Waals surface area contributed by atoms with Gasteiger partial charge in [0.25, 0.3) is 5.91 Å². The molecule has 148 valence electrons. The van der Waals surface area contributed by atoms with Gasteiger partial charge in [0.05, 0.1) is 21.5 Å². The molecule has 1 amide bonds. The minimum atomic E-state index is -0.224. The van der Waals surface area contributed by atoms with Gasteiger partial charge in [-0.25, -0.2) is 4.98 Å². The van der Waals surface area contributed by atoms with Crippen molar-refractivity contribution in [2.24, 2.45) is 0 Å². The second-order valence-electron chi connectivity index (χ2n) is 6.88. The fourth-order valence-electron chi connectivity index (χ4n) is 3.57. The Morgan fingerprint density at radius 3 is 2.72 bits per heavy atom. The first-order chi connectivity index (χ1) is 14.1. The molecule has 0 saturated carbocycles. The van der Waals surface area contributed by atoms with E-state index in [0.29, 0.717) is 5.75 Å². The highest BCUT2D eigenvalue weighted by molar-refractivity contribution is 9.10. The van der Waals surface area contributed by atoms with Crippen molar-refractivity contribution in [3.8, 4) is 5.75 Å². The molecular formula is C23H22BrN3O2. The zero-order valence-electron chi connectivity index (χ0n) is 16.4. The lowest BCUT2D eigenvalue weighted by Gasteiger charge is -2.16. The molecular weight excluding hydrogens is 430 g/mol. The average Bonchev–Trinajstić information content (AvgIpc) is 3.12. The highest BCUT2D eigenvalue weighted by Crippen LogP contribution is 2.33. The van der Waals surface area contributed by atoms with Crippen LogP contribution in [0.2, 0.25) is 0 Å². The van der Waals surface area contributed by atoms with Gasteiger partial charge in [0, 0.05) is 6.54 Å². The van der Waals surface area contributed by atoms with Gasteiger partial charge in [0.1, 0.15) is 11.6 Å². The van der Waals surface area contributed by atoms with Gasteiger partial charge >= 0.3 is 0 Å². The Bertz CT molecular complexity index is 1190. The van der Waals surface area contributed by atoms with Crippen molar-refractivity contribution in [3.63, 3.8) is 0 Å². The van der Waals surface area contributed by atoms with Crippen molar-refractivity contribution in [1.29, 1.82) is 0 Å². The van der Waals surface area contributed by atoms with E-state index in [0.717, 1.165) is 38.6 Å². The lowest BCUT2D eigenvalue weighted by Crippen LogP contribution is -2.32. The summed E-state index contributed by atoms with van der Waals surface area (Å²) in [6, 6.07) is 19.7. The van der Waals surface area contributed by atoms with Crippen LogP contribution in [0.5, 0.6) is 5.75 Å². The number of amides is 1. The Kier molecular flexibility index (Phi) is 5.53. The second kappa shape index (κ2) is 8.25. The van der Waals surface area contributed by atoms with Crippen molar-refractivity contribution < 1.29 is 9.53 Å². The van der Waals surface area contributed by atoms with Gasteiger partial charge in [-0.3, -0.25) is 4.79 Å². The van der Waals surface area contributed by atoms with E-state index >= 15 is 0 Å². The normalized spacial score (nSPS) is 12.2. The largest absolute Gasteiger partial charge is 0.483 e. The number of nitrogens with one attached hydrogen (secondary N) is 1. The highest BCUT2D eigenvalue weighted by atomic mass is 79.9. The van der Waals surface area contributed by atoms with E-state index in [1.165, 1.54) is 0 Å². The van der Waals surface area contributed by atoms with E-state index in [2.05, 4.69) is 32.7 Å². The van der Waals surface area contributed by atoms with Crippen molar-refractivity contribution in [2.45, 2.75) is 26.4 Å². The summed E-state index contributed by atoms with van der Waals surface area (Å²) in [6.07, 6.45) is 0. The number of carbonyl (C=O) groups is 1. The molecule has 3 aromatic carbocycles. The summed E-state index contributed by atoms with van der Waals surface area (Å²) in [6.45, 7) is 4.74. The van der Waals surface area contributed by atoms with Gasteiger partial charge in [-0.2, -0.15) is 0 Å². The first-order valence-corrected chi connectivity index (χ1v) is 10.4. The number of fused-ring (bicyclic) bond motifs is 2. The topological polar surface area (TPSA) is 56.2 Å². The van der Waals surface area contributed by atoms with Crippen LogP contribution in [0.25, 0.3) is 21.8 Å². The Balaban J connectivity index is 1.46. The molecule has 1 N–H and O–H groups in total. The molecule has 0 aliphatic rings. The van der Waals surface area contributed by atoms with Crippen molar-refractivity contribution in [2.75, 3.05) is 6.61 Å². The zero-order valence-corrected chi connectivity index (χ0v) is 17.9. The number of ether oxygens (including phenoxy) is 1. The standard InChI is InChI=1S/C23H22BrN3O2/c1-3-27-19-11-7-6-10-18(19)26-23(27)15(2)25-21(28)14-29-20-13-12-16-8-4-5-9-17(16)22(20)24/h4-13,15H,3,14H2,1-2H3,(H,25,28). The smallest absolute Gasteiger partial charge is 0.258 e. The molecule has 1 unspecified atom stereocenters. The highest BCUT2D eigenvalue weighted by Gasteiger charge is 2.18. The van der Waals surface area contributed by atoms with Crippen molar-refractivity contribution in [1.82, 2.24) is 14.9 Å². The second-order valence-corrected chi connectivity index (χ2v) is 7.67. The molecule has 0 spiro atoms. The third-order valence-electron chi connectivity index (χ3n) is 4.95. The number of aryl methyl sites for hydroxylation is 1. The van der Waals surface area contributed by atoms with E-state index < -0.39 is 0 Å². The van der Waals surface area contributed by atoms with Crippen molar-refractivity contribution >= 4 is 43.6 Å². The molecule has 4 aromatic rings. The van der Waals surface area contributed by atoms with E-state index in [9.17, 15) is 4.79 Å². The van der Waals surface area contributed by atoms with Crippen LogP contribution in [0, 0.1) is 0 Å². The Hall–Kier alpha value is -2.86. The fourth-order valence-corrected chi connectivity index (χ4v) is 4.18. The molecule has 0 aliphatic heterocycles. The number of aromatic nitrogens is 2. The lowest BCUT2D eigenvalue weighted by atomic mass is 10.1. The number of benzene rings is 3. The summed E-state index contributed by atoms with van der Waals surface area (Å²) in [5.41, 5.74) is 2.00. The first kappa shape index (κ1) is 19.5. The first-order valence-electron chi connectivity index (χ1n) is 9.63. The van der Waals surface area contributed by atoms with Crippen LogP contribution >= 0.6 is 15.9 Å². The molecule has 0 saturated heterocycles. The summed E-state index contributed by atoms with van der Waals surface area (Å²) in [4.78, 5) is 17.2. The molecule has 0 fully saturated rings. The summed E-state index contributed by atoms with van der Waals surface area (Å²) < 4.78 is 8.75. The number of carbonyl (C=O) groups excluding carboxylic acids is 1. The average molecular weight is 452 g/mol. The Morgan fingerprint density at radius 1 is 1.14 bits per heavy atom. The summed E-state index contributed by atoms with van der Waals surface area (Å²) in [5.74, 6) is 1.30.